The van der Waals surface area contributed by atoms with E-state index in [1.54, 1.807) is 12.1 Å². The van der Waals surface area contributed by atoms with Crippen LogP contribution < -0.4 is 5.19 Å². The SMILES string of the molecule is CCO[Si](C)(C)c1ccc(-c2c(F)c(F)c(F)c(F)c2F)cc1. The average molecular weight is 346 g/mol. The van der Waals surface area contributed by atoms with E-state index in [4.69, 9.17) is 4.43 Å². The molecule has 0 N–H and O–H groups in total. The number of halogens is 5. The Morgan fingerprint density at radius 2 is 1.22 bits per heavy atom. The monoisotopic (exact) mass is 346 g/mol. The van der Waals surface area contributed by atoms with Crippen molar-refractivity contribution in [3.63, 3.8) is 0 Å². The quantitative estimate of drug-likeness (QED) is 0.343. The molecule has 0 spiro atoms. The highest BCUT2D eigenvalue weighted by atomic mass is 28.4. The number of benzene rings is 2. The fourth-order valence-electron chi connectivity index (χ4n) is 2.34. The highest BCUT2D eigenvalue weighted by Gasteiger charge is 2.28. The Labute approximate surface area is 131 Å². The Morgan fingerprint density at radius 3 is 1.65 bits per heavy atom. The van der Waals surface area contributed by atoms with Gasteiger partial charge in [-0.15, -0.1) is 0 Å². The molecular formula is C16H15F5OSi. The van der Waals surface area contributed by atoms with E-state index in [0.717, 1.165) is 5.19 Å². The fraction of sp³-hybridized carbons (Fsp3) is 0.250. The maximum absolute atomic E-state index is 13.8. The van der Waals surface area contributed by atoms with Crippen molar-refractivity contribution in [2.45, 2.75) is 20.0 Å². The molecule has 0 saturated heterocycles. The Kier molecular flexibility index (Phi) is 4.91. The minimum absolute atomic E-state index is 0.0807. The van der Waals surface area contributed by atoms with E-state index in [9.17, 15) is 22.0 Å². The lowest BCUT2D eigenvalue weighted by molar-refractivity contribution is 0.339. The van der Waals surface area contributed by atoms with Crippen LogP contribution >= 0.6 is 0 Å². The van der Waals surface area contributed by atoms with Crippen molar-refractivity contribution < 1.29 is 26.4 Å². The van der Waals surface area contributed by atoms with Gasteiger partial charge in [0.2, 0.25) is 14.1 Å². The summed E-state index contributed by atoms with van der Waals surface area (Å²) in [7, 11) is -2.16. The highest BCUT2D eigenvalue weighted by Crippen LogP contribution is 2.31. The van der Waals surface area contributed by atoms with Crippen molar-refractivity contribution >= 4 is 13.5 Å². The summed E-state index contributed by atoms with van der Waals surface area (Å²) in [5.74, 6) is -9.74. The maximum atomic E-state index is 13.8. The molecule has 0 aromatic heterocycles. The van der Waals surface area contributed by atoms with Crippen molar-refractivity contribution in [1.29, 1.82) is 0 Å². The van der Waals surface area contributed by atoms with Crippen LogP contribution in [0.25, 0.3) is 11.1 Å². The van der Waals surface area contributed by atoms with E-state index >= 15 is 0 Å². The molecule has 23 heavy (non-hydrogen) atoms. The van der Waals surface area contributed by atoms with Crippen molar-refractivity contribution in [3.05, 3.63) is 53.4 Å². The van der Waals surface area contributed by atoms with Gasteiger partial charge in [-0.25, -0.2) is 22.0 Å². The molecule has 0 fully saturated rings. The second-order valence-electron chi connectivity index (χ2n) is 5.47. The summed E-state index contributed by atoms with van der Waals surface area (Å²) in [5.41, 5.74) is -1.01. The van der Waals surface area contributed by atoms with Crippen LogP contribution in [0.15, 0.2) is 24.3 Å². The minimum atomic E-state index is -2.16. The largest absolute Gasteiger partial charge is 0.413 e. The van der Waals surface area contributed by atoms with E-state index in [-0.39, 0.29) is 5.56 Å². The number of hydrogen-bond donors (Lipinski definition) is 0. The van der Waals surface area contributed by atoms with Gasteiger partial charge in [0.25, 0.3) is 0 Å². The molecular weight excluding hydrogens is 331 g/mol. The van der Waals surface area contributed by atoms with Gasteiger partial charge < -0.3 is 4.43 Å². The molecule has 2 aromatic carbocycles. The molecule has 0 aliphatic heterocycles. The van der Waals surface area contributed by atoms with Gasteiger partial charge in [0.05, 0.1) is 5.56 Å². The normalized spacial score (nSPS) is 11.8. The van der Waals surface area contributed by atoms with Crippen LogP contribution in [0.4, 0.5) is 22.0 Å². The maximum Gasteiger partial charge on any atom is 0.218 e. The van der Waals surface area contributed by atoms with Crippen molar-refractivity contribution in [2.24, 2.45) is 0 Å². The number of hydrogen-bond acceptors (Lipinski definition) is 1. The van der Waals surface area contributed by atoms with Gasteiger partial charge in [-0.3, -0.25) is 0 Å². The Balaban J connectivity index is 2.53. The van der Waals surface area contributed by atoms with E-state index < -0.39 is 43.0 Å². The van der Waals surface area contributed by atoms with E-state index in [1.807, 2.05) is 20.0 Å². The molecule has 124 valence electrons. The van der Waals surface area contributed by atoms with E-state index in [0.29, 0.717) is 6.61 Å². The molecule has 2 aromatic rings. The summed E-state index contributed by atoms with van der Waals surface area (Å²) in [6.45, 7) is 6.28. The lowest BCUT2D eigenvalue weighted by Crippen LogP contribution is -2.44. The third kappa shape index (κ3) is 3.16. The summed E-state index contributed by atoms with van der Waals surface area (Å²) in [6.07, 6.45) is 0. The average Bonchev–Trinajstić information content (AvgIpc) is 2.52. The predicted molar refractivity (Wildman–Crippen MR) is 80.4 cm³/mol. The zero-order chi connectivity index (χ0) is 17.4. The van der Waals surface area contributed by atoms with Gasteiger partial charge in [0.1, 0.15) is 0 Å². The molecule has 0 radical (unpaired) electrons. The first-order chi connectivity index (χ1) is 10.7. The molecule has 0 heterocycles. The zero-order valence-electron chi connectivity index (χ0n) is 12.8. The highest BCUT2D eigenvalue weighted by molar-refractivity contribution is 6.84. The van der Waals surface area contributed by atoms with Crippen LogP contribution in [0.1, 0.15) is 6.92 Å². The summed E-state index contributed by atoms with van der Waals surface area (Å²) >= 11 is 0. The van der Waals surface area contributed by atoms with Gasteiger partial charge in [-0.1, -0.05) is 24.3 Å². The van der Waals surface area contributed by atoms with Crippen molar-refractivity contribution in [2.75, 3.05) is 6.61 Å². The molecule has 2 rings (SSSR count). The van der Waals surface area contributed by atoms with Crippen LogP contribution in [0, 0.1) is 29.1 Å². The standard InChI is InChI=1S/C16H15F5OSi/c1-4-22-23(2,3)10-7-5-9(6-8-10)11-12(17)14(19)16(21)15(20)13(11)18/h5-8H,4H2,1-3H3. The van der Waals surface area contributed by atoms with Crippen LogP contribution in [-0.2, 0) is 4.43 Å². The lowest BCUT2D eigenvalue weighted by atomic mass is 10.0. The molecule has 0 unspecified atom stereocenters. The first-order valence-corrected chi connectivity index (χ1v) is 9.87. The first kappa shape index (κ1) is 17.6. The second-order valence-corrected chi connectivity index (χ2v) is 9.35. The Hall–Kier alpha value is -1.73. The Bertz CT molecular complexity index is 699. The summed E-state index contributed by atoms with van der Waals surface area (Å²) in [6, 6.07) is 5.85. The van der Waals surface area contributed by atoms with Crippen LogP contribution in [0.5, 0.6) is 0 Å². The van der Waals surface area contributed by atoms with Crippen LogP contribution in [0.2, 0.25) is 13.1 Å². The summed E-state index contributed by atoms with van der Waals surface area (Å²) < 4.78 is 72.9. The van der Waals surface area contributed by atoms with Crippen molar-refractivity contribution in [1.82, 2.24) is 0 Å². The fourth-order valence-corrected chi connectivity index (χ4v) is 4.20. The van der Waals surface area contributed by atoms with E-state index in [1.165, 1.54) is 12.1 Å². The molecule has 7 heteroatoms. The van der Waals surface area contributed by atoms with Gasteiger partial charge in [-0.05, 0) is 30.8 Å². The number of rotatable bonds is 4. The predicted octanol–water partition coefficient (Wildman–Crippen LogP) is 4.50. The van der Waals surface area contributed by atoms with E-state index in [2.05, 4.69) is 0 Å². The lowest BCUT2D eigenvalue weighted by Gasteiger charge is -2.22. The smallest absolute Gasteiger partial charge is 0.218 e. The Morgan fingerprint density at radius 1 is 0.783 bits per heavy atom. The third-order valence-electron chi connectivity index (χ3n) is 3.58. The van der Waals surface area contributed by atoms with Crippen molar-refractivity contribution in [3.8, 4) is 11.1 Å². The third-order valence-corrected chi connectivity index (χ3v) is 6.32. The van der Waals surface area contributed by atoms with Gasteiger partial charge >= 0.3 is 0 Å². The van der Waals surface area contributed by atoms with Gasteiger partial charge in [-0.2, -0.15) is 0 Å². The second kappa shape index (κ2) is 6.41. The van der Waals surface area contributed by atoms with Crippen LogP contribution in [0.3, 0.4) is 0 Å². The topological polar surface area (TPSA) is 9.23 Å². The first-order valence-electron chi connectivity index (χ1n) is 6.97. The molecule has 1 nitrogen and oxygen atoms in total. The van der Waals surface area contributed by atoms with Gasteiger partial charge in [0, 0.05) is 6.61 Å². The van der Waals surface area contributed by atoms with Gasteiger partial charge in [0.15, 0.2) is 23.3 Å². The molecule has 0 saturated carbocycles. The molecule has 0 atom stereocenters. The minimum Gasteiger partial charge on any atom is -0.413 e. The summed E-state index contributed by atoms with van der Waals surface area (Å²) in [5, 5.41) is 0.854. The molecule has 0 amide bonds. The molecule has 0 aliphatic carbocycles. The molecule has 0 bridgehead atoms. The van der Waals surface area contributed by atoms with Crippen LogP contribution in [-0.4, -0.2) is 14.9 Å². The molecule has 0 aliphatic rings. The zero-order valence-corrected chi connectivity index (χ0v) is 13.8. The summed E-state index contributed by atoms with van der Waals surface area (Å²) in [4.78, 5) is 0.